The summed E-state index contributed by atoms with van der Waals surface area (Å²) in [5.41, 5.74) is -3.26. The van der Waals surface area contributed by atoms with E-state index in [4.69, 9.17) is 11.6 Å². The van der Waals surface area contributed by atoms with E-state index in [1.54, 1.807) is 0 Å². The SMILES string of the molecule is O=c1[nH]c(=O)c2cc(C(F)(F)F)c(Cl)c(SCC3(CO)CCC3)c2[nH]1. The molecule has 1 saturated carbocycles. The highest BCUT2D eigenvalue weighted by atomic mass is 35.5. The van der Waals surface area contributed by atoms with Crippen LogP contribution >= 0.6 is 23.4 Å². The Labute approximate surface area is 148 Å². The van der Waals surface area contributed by atoms with Crippen LogP contribution in [0.4, 0.5) is 13.2 Å². The quantitative estimate of drug-likeness (QED) is 0.695. The number of aliphatic hydroxyl groups is 1. The van der Waals surface area contributed by atoms with E-state index in [1.807, 2.05) is 4.98 Å². The number of hydrogen-bond donors (Lipinski definition) is 3. The predicted octanol–water partition coefficient (Wildman–Crippen LogP) is 3.14. The van der Waals surface area contributed by atoms with Gasteiger partial charge in [-0.1, -0.05) is 18.0 Å². The van der Waals surface area contributed by atoms with Gasteiger partial charge in [0.05, 0.1) is 26.4 Å². The minimum Gasteiger partial charge on any atom is -0.396 e. The first-order valence-electron chi connectivity index (χ1n) is 7.46. The van der Waals surface area contributed by atoms with Crippen LogP contribution in [-0.4, -0.2) is 27.4 Å². The van der Waals surface area contributed by atoms with Crippen LogP contribution in [0.2, 0.25) is 5.02 Å². The number of halogens is 4. The minimum atomic E-state index is -4.74. The summed E-state index contributed by atoms with van der Waals surface area (Å²) in [5.74, 6) is 0.342. The molecule has 10 heteroatoms. The van der Waals surface area contributed by atoms with Crippen molar-refractivity contribution in [3.05, 3.63) is 37.5 Å². The molecule has 3 N–H and O–H groups in total. The van der Waals surface area contributed by atoms with Gasteiger partial charge in [0.15, 0.2) is 0 Å². The highest BCUT2D eigenvalue weighted by Gasteiger charge is 2.38. The molecule has 0 radical (unpaired) electrons. The molecule has 1 heterocycles. The van der Waals surface area contributed by atoms with Gasteiger partial charge < -0.3 is 10.1 Å². The van der Waals surface area contributed by atoms with Crippen molar-refractivity contribution in [2.45, 2.75) is 30.3 Å². The van der Waals surface area contributed by atoms with Crippen LogP contribution in [0.3, 0.4) is 0 Å². The fourth-order valence-electron chi connectivity index (χ4n) is 2.84. The Bertz CT molecular complexity index is 929. The van der Waals surface area contributed by atoms with E-state index < -0.39 is 28.0 Å². The van der Waals surface area contributed by atoms with Crippen molar-refractivity contribution in [1.29, 1.82) is 0 Å². The van der Waals surface area contributed by atoms with Crippen LogP contribution in [0.5, 0.6) is 0 Å². The molecule has 0 bridgehead atoms. The van der Waals surface area contributed by atoms with E-state index in [9.17, 15) is 27.9 Å². The molecule has 2 aromatic rings. The Kier molecular flexibility index (Phi) is 4.67. The number of alkyl halides is 3. The first-order chi connectivity index (χ1) is 11.7. The lowest BCUT2D eigenvalue weighted by atomic mass is 9.71. The summed E-state index contributed by atoms with van der Waals surface area (Å²) in [5, 5.41) is 8.69. The van der Waals surface area contributed by atoms with Crippen molar-refractivity contribution in [2.24, 2.45) is 5.41 Å². The third-order valence-corrected chi connectivity index (χ3v) is 6.47. The monoisotopic (exact) mass is 394 g/mol. The molecule has 0 aliphatic heterocycles. The minimum absolute atomic E-state index is 0.00517. The molecule has 1 aromatic heterocycles. The highest BCUT2D eigenvalue weighted by Crippen LogP contribution is 2.48. The second-order valence-electron chi connectivity index (χ2n) is 6.20. The smallest absolute Gasteiger partial charge is 0.396 e. The van der Waals surface area contributed by atoms with Gasteiger partial charge in [0.25, 0.3) is 5.56 Å². The number of fused-ring (bicyclic) bond motifs is 1. The van der Waals surface area contributed by atoms with Crippen molar-refractivity contribution in [3.63, 3.8) is 0 Å². The second-order valence-corrected chi connectivity index (χ2v) is 7.56. The van der Waals surface area contributed by atoms with Gasteiger partial charge in [-0.2, -0.15) is 13.2 Å². The summed E-state index contributed by atoms with van der Waals surface area (Å²) in [6.45, 7) is -0.0778. The first-order valence-corrected chi connectivity index (χ1v) is 8.83. The molecule has 0 amide bonds. The van der Waals surface area contributed by atoms with Crippen molar-refractivity contribution < 1.29 is 18.3 Å². The van der Waals surface area contributed by atoms with Gasteiger partial charge >= 0.3 is 11.9 Å². The molecule has 0 spiro atoms. The van der Waals surface area contributed by atoms with Crippen LogP contribution in [0.25, 0.3) is 10.9 Å². The van der Waals surface area contributed by atoms with Crippen molar-refractivity contribution >= 4 is 34.3 Å². The van der Waals surface area contributed by atoms with E-state index in [0.717, 1.165) is 31.0 Å². The molecule has 25 heavy (non-hydrogen) atoms. The molecule has 0 atom stereocenters. The van der Waals surface area contributed by atoms with Gasteiger partial charge in [0, 0.05) is 17.8 Å². The molecular formula is C15H14ClF3N2O3S. The number of aromatic amines is 2. The maximum absolute atomic E-state index is 13.3. The third kappa shape index (κ3) is 3.32. The van der Waals surface area contributed by atoms with Crippen LogP contribution in [0, 0.1) is 5.41 Å². The Hall–Kier alpha value is -1.45. The van der Waals surface area contributed by atoms with Gasteiger partial charge in [-0.25, -0.2) is 4.79 Å². The molecule has 5 nitrogen and oxygen atoms in total. The van der Waals surface area contributed by atoms with Crippen LogP contribution in [0.1, 0.15) is 24.8 Å². The van der Waals surface area contributed by atoms with Crippen molar-refractivity contribution in [3.8, 4) is 0 Å². The van der Waals surface area contributed by atoms with E-state index in [2.05, 4.69) is 4.98 Å². The summed E-state index contributed by atoms with van der Waals surface area (Å²) < 4.78 is 39.8. The van der Waals surface area contributed by atoms with Crippen LogP contribution in [0.15, 0.2) is 20.6 Å². The molecule has 0 saturated heterocycles. The summed E-state index contributed by atoms with van der Waals surface area (Å²) in [6, 6.07) is 0.641. The predicted molar refractivity (Wildman–Crippen MR) is 89.3 cm³/mol. The van der Waals surface area contributed by atoms with Crippen molar-refractivity contribution in [2.75, 3.05) is 12.4 Å². The zero-order chi connectivity index (χ0) is 18.4. The number of H-pyrrole nitrogens is 2. The summed E-state index contributed by atoms with van der Waals surface area (Å²) in [4.78, 5) is 27.8. The Morgan fingerprint density at radius 3 is 2.48 bits per heavy atom. The molecule has 3 rings (SSSR count). The summed E-state index contributed by atoms with van der Waals surface area (Å²) >= 11 is 6.99. The molecule has 1 aliphatic carbocycles. The fraction of sp³-hybridized carbons (Fsp3) is 0.467. The van der Waals surface area contributed by atoms with E-state index in [-0.39, 0.29) is 27.8 Å². The number of aliphatic hydroxyl groups excluding tert-OH is 1. The van der Waals surface area contributed by atoms with Gasteiger partial charge in [-0.15, -0.1) is 11.8 Å². The van der Waals surface area contributed by atoms with Gasteiger partial charge in [0.1, 0.15) is 0 Å². The Morgan fingerprint density at radius 2 is 1.96 bits per heavy atom. The standard InChI is InChI=1S/C15H14ClF3N2O3S/c16-9-8(15(17,18)19)4-7-10(20-13(24)21-12(7)23)11(9)25-6-14(5-22)2-1-3-14/h4,22H,1-3,5-6H2,(H2,20,21,23,24). The molecule has 1 aliphatic rings. The van der Waals surface area contributed by atoms with E-state index >= 15 is 0 Å². The van der Waals surface area contributed by atoms with Gasteiger partial charge in [-0.05, 0) is 18.9 Å². The third-order valence-electron chi connectivity index (χ3n) is 4.51. The summed E-state index contributed by atoms with van der Waals surface area (Å²) in [6.07, 6.45) is -2.27. The lowest BCUT2D eigenvalue weighted by Gasteiger charge is -2.40. The maximum Gasteiger partial charge on any atom is 0.417 e. The lowest BCUT2D eigenvalue weighted by Crippen LogP contribution is -2.35. The number of hydrogen-bond acceptors (Lipinski definition) is 4. The molecule has 136 valence electrons. The lowest BCUT2D eigenvalue weighted by molar-refractivity contribution is -0.137. The van der Waals surface area contributed by atoms with Gasteiger partial charge in [-0.3, -0.25) is 9.78 Å². The topological polar surface area (TPSA) is 85.9 Å². The molecule has 1 aromatic carbocycles. The zero-order valence-corrected chi connectivity index (χ0v) is 14.4. The highest BCUT2D eigenvalue weighted by molar-refractivity contribution is 7.99. The zero-order valence-electron chi connectivity index (χ0n) is 12.8. The fourth-order valence-corrected chi connectivity index (χ4v) is 4.64. The van der Waals surface area contributed by atoms with E-state index in [0.29, 0.717) is 11.8 Å². The largest absolute Gasteiger partial charge is 0.417 e. The number of rotatable bonds is 4. The normalized spacial score (nSPS) is 16.8. The number of thioether (sulfide) groups is 1. The Morgan fingerprint density at radius 1 is 1.28 bits per heavy atom. The molecule has 0 unspecified atom stereocenters. The molecule has 1 fully saturated rings. The van der Waals surface area contributed by atoms with Crippen molar-refractivity contribution in [1.82, 2.24) is 9.97 Å². The first kappa shape index (κ1) is 18.3. The number of benzene rings is 1. The Balaban J connectivity index is 2.18. The van der Waals surface area contributed by atoms with Crippen LogP contribution < -0.4 is 11.2 Å². The number of nitrogens with one attached hydrogen (secondary N) is 2. The average molecular weight is 395 g/mol. The molecular weight excluding hydrogens is 381 g/mol. The van der Waals surface area contributed by atoms with E-state index in [1.165, 1.54) is 0 Å². The van der Waals surface area contributed by atoms with Crippen LogP contribution in [-0.2, 0) is 6.18 Å². The van der Waals surface area contributed by atoms with Gasteiger partial charge in [0.2, 0.25) is 0 Å². The number of aromatic nitrogens is 2. The maximum atomic E-state index is 13.3. The summed E-state index contributed by atoms with van der Waals surface area (Å²) in [7, 11) is 0. The average Bonchev–Trinajstić information content (AvgIpc) is 2.46. The second kappa shape index (κ2) is 6.37.